The van der Waals surface area contributed by atoms with Gasteiger partial charge in [-0.2, -0.15) is 0 Å². The molecule has 0 saturated heterocycles. The maximum atomic E-state index is 11.5. The minimum Gasteiger partial charge on any atom is -0.324 e. The summed E-state index contributed by atoms with van der Waals surface area (Å²) in [5.41, 5.74) is 8.12. The van der Waals surface area contributed by atoms with Crippen molar-refractivity contribution in [3.8, 4) is 0 Å². The van der Waals surface area contributed by atoms with E-state index in [1.165, 1.54) is 50.5 Å². The smallest absolute Gasteiger partial charge is 0.146 e. The van der Waals surface area contributed by atoms with Crippen LogP contribution in [-0.4, -0.2) is 24.9 Å². The third-order valence-electron chi connectivity index (χ3n) is 5.51. The first-order valence-electron chi connectivity index (χ1n) is 10.1. The van der Waals surface area contributed by atoms with Crippen LogP contribution in [0.3, 0.4) is 0 Å². The first-order chi connectivity index (χ1) is 12.1. The number of likely N-dealkylation sites (N-methyl/N-ethyl adjacent to an activating group) is 1. The Labute approximate surface area is 154 Å². The highest BCUT2D eigenvalue weighted by atomic mass is 16.1. The predicted octanol–water partition coefficient (Wildman–Crippen LogP) is 5.31. The summed E-state index contributed by atoms with van der Waals surface area (Å²) in [7, 11) is 2.04. The van der Waals surface area contributed by atoms with Crippen molar-refractivity contribution in [3.63, 3.8) is 0 Å². The molecule has 2 aliphatic rings. The number of nitrogens with zero attached hydrogens (tertiary/aromatic N) is 1. The Bertz CT molecular complexity index is 512. The molecule has 1 N–H and O–H groups in total. The summed E-state index contributed by atoms with van der Waals surface area (Å²) in [6, 6.07) is 0. The quantitative estimate of drug-likeness (QED) is 0.430. The first-order valence-corrected chi connectivity index (χ1v) is 10.1. The number of aldehydes is 1. The van der Waals surface area contributed by atoms with Crippen molar-refractivity contribution in [2.24, 2.45) is 5.92 Å². The van der Waals surface area contributed by atoms with Gasteiger partial charge in [0.2, 0.25) is 0 Å². The standard InChI is InChI=1S/C22H36N2O/c1-4-5-9-18(2)23-24(3)16-22-15-20(12-13-21(22)17-25)14-19-10-7-6-8-11-19/h15,17,19,23H,2,4-14,16H2,1,3H3. The lowest BCUT2D eigenvalue weighted by atomic mass is 9.81. The summed E-state index contributed by atoms with van der Waals surface area (Å²) in [4.78, 5) is 11.5. The Kier molecular flexibility index (Phi) is 8.47. The van der Waals surface area contributed by atoms with Gasteiger partial charge >= 0.3 is 0 Å². The maximum Gasteiger partial charge on any atom is 0.146 e. The molecule has 140 valence electrons. The van der Waals surface area contributed by atoms with Crippen molar-refractivity contribution in [1.29, 1.82) is 0 Å². The molecule has 2 aliphatic carbocycles. The molecule has 0 unspecified atom stereocenters. The lowest BCUT2D eigenvalue weighted by Crippen LogP contribution is -2.35. The molecule has 3 heteroatoms. The number of nitrogens with one attached hydrogen (secondary N) is 1. The third kappa shape index (κ3) is 6.81. The number of hydrogen-bond donors (Lipinski definition) is 1. The Balaban J connectivity index is 1.93. The van der Waals surface area contributed by atoms with Gasteiger partial charge in [-0.3, -0.25) is 4.79 Å². The van der Waals surface area contributed by atoms with Crippen LogP contribution in [0.4, 0.5) is 0 Å². The fraction of sp³-hybridized carbons (Fsp3) is 0.682. The number of unbranched alkanes of at least 4 members (excludes halogenated alkanes) is 1. The van der Waals surface area contributed by atoms with Crippen LogP contribution in [0.25, 0.3) is 0 Å². The minimum atomic E-state index is 0.757. The van der Waals surface area contributed by atoms with Crippen molar-refractivity contribution < 1.29 is 4.79 Å². The topological polar surface area (TPSA) is 32.3 Å². The molecule has 0 aromatic carbocycles. The molecule has 0 heterocycles. The summed E-state index contributed by atoms with van der Waals surface area (Å²) in [5, 5.41) is 2.07. The van der Waals surface area contributed by atoms with Gasteiger partial charge in [-0.15, -0.1) is 0 Å². The highest BCUT2D eigenvalue weighted by Gasteiger charge is 2.19. The largest absolute Gasteiger partial charge is 0.324 e. The molecular weight excluding hydrogens is 308 g/mol. The number of allylic oxidation sites excluding steroid dienone is 3. The van der Waals surface area contributed by atoms with Crippen molar-refractivity contribution in [3.05, 3.63) is 35.1 Å². The van der Waals surface area contributed by atoms with Gasteiger partial charge in [-0.25, -0.2) is 5.01 Å². The van der Waals surface area contributed by atoms with Crippen LogP contribution in [0, 0.1) is 5.92 Å². The van der Waals surface area contributed by atoms with E-state index in [9.17, 15) is 4.79 Å². The van der Waals surface area contributed by atoms with Gasteiger partial charge in [0.1, 0.15) is 6.29 Å². The highest BCUT2D eigenvalue weighted by Crippen LogP contribution is 2.33. The molecular formula is C22H36N2O. The van der Waals surface area contributed by atoms with E-state index in [4.69, 9.17) is 0 Å². The Morgan fingerprint density at radius 3 is 2.76 bits per heavy atom. The van der Waals surface area contributed by atoms with Gasteiger partial charge in [0.05, 0.1) is 0 Å². The zero-order valence-electron chi connectivity index (χ0n) is 16.3. The third-order valence-corrected chi connectivity index (χ3v) is 5.51. The first kappa shape index (κ1) is 20.0. The number of rotatable bonds is 10. The van der Waals surface area contributed by atoms with E-state index in [2.05, 4.69) is 30.0 Å². The Morgan fingerprint density at radius 2 is 2.08 bits per heavy atom. The molecule has 1 saturated carbocycles. The van der Waals surface area contributed by atoms with Gasteiger partial charge in [0.15, 0.2) is 0 Å². The second-order valence-electron chi connectivity index (χ2n) is 7.85. The number of hydrazine groups is 1. The monoisotopic (exact) mass is 344 g/mol. The van der Waals surface area contributed by atoms with Crippen LogP contribution in [0.15, 0.2) is 35.1 Å². The van der Waals surface area contributed by atoms with Crippen LogP contribution in [0.1, 0.15) is 77.6 Å². The number of carbonyl (C=O) groups excluding carboxylic acids is 1. The van der Waals surface area contributed by atoms with E-state index in [1.54, 1.807) is 5.57 Å². The van der Waals surface area contributed by atoms with Crippen LogP contribution < -0.4 is 5.43 Å². The number of hydrogen-bond acceptors (Lipinski definition) is 3. The molecule has 0 aromatic rings. The van der Waals surface area contributed by atoms with Gasteiger partial charge in [0, 0.05) is 19.3 Å². The van der Waals surface area contributed by atoms with E-state index >= 15 is 0 Å². The lowest BCUT2D eigenvalue weighted by Gasteiger charge is -2.27. The normalized spacial score (nSPS) is 19.1. The summed E-state index contributed by atoms with van der Waals surface area (Å²) < 4.78 is 0. The molecule has 0 amide bonds. The summed E-state index contributed by atoms with van der Waals surface area (Å²) in [5.74, 6) is 0.865. The summed E-state index contributed by atoms with van der Waals surface area (Å²) >= 11 is 0. The van der Waals surface area contributed by atoms with E-state index in [-0.39, 0.29) is 0 Å². The predicted molar refractivity (Wildman–Crippen MR) is 106 cm³/mol. The fourth-order valence-corrected chi connectivity index (χ4v) is 4.08. The molecule has 0 aliphatic heterocycles. The van der Waals surface area contributed by atoms with Crippen LogP contribution in [0.2, 0.25) is 0 Å². The Hall–Kier alpha value is -1.35. The van der Waals surface area contributed by atoms with E-state index in [1.807, 2.05) is 7.05 Å². The van der Waals surface area contributed by atoms with Crippen molar-refractivity contribution in [2.45, 2.75) is 77.6 Å². The zero-order chi connectivity index (χ0) is 18.1. The molecule has 0 spiro atoms. The molecule has 1 fully saturated rings. The molecule has 0 radical (unpaired) electrons. The average molecular weight is 345 g/mol. The summed E-state index contributed by atoms with van der Waals surface area (Å²) in [6.45, 7) is 7.05. The number of carbonyl (C=O) groups is 1. The van der Waals surface area contributed by atoms with Gasteiger partial charge in [-0.05, 0) is 49.2 Å². The van der Waals surface area contributed by atoms with Gasteiger partial charge in [0.25, 0.3) is 0 Å². The second-order valence-corrected chi connectivity index (χ2v) is 7.85. The molecule has 0 bridgehead atoms. The minimum absolute atomic E-state index is 0.757. The molecule has 0 atom stereocenters. The highest BCUT2D eigenvalue weighted by molar-refractivity contribution is 5.76. The van der Waals surface area contributed by atoms with Crippen LogP contribution >= 0.6 is 0 Å². The maximum absolute atomic E-state index is 11.5. The van der Waals surface area contributed by atoms with Crippen LogP contribution in [-0.2, 0) is 4.79 Å². The molecule has 2 rings (SSSR count). The summed E-state index contributed by atoms with van der Waals surface area (Å²) in [6.07, 6.45) is 16.9. The van der Waals surface area contributed by atoms with Crippen molar-refractivity contribution in [1.82, 2.24) is 10.4 Å². The Morgan fingerprint density at radius 1 is 1.32 bits per heavy atom. The average Bonchev–Trinajstić information content (AvgIpc) is 2.61. The SMILES string of the molecule is C=C(CCCC)NN(C)CC1=C(C=O)CCC(CC2CCCCC2)=C1. The second kappa shape index (κ2) is 10.6. The molecule has 25 heavy (non-hydrogen) atoms. The van der Waals surface area contributed by atoms with Gasteiger partial charge < -0.3 is 5.43 Å². The van der Waals surface area contributed by atoms with Crippen molar-refractivity contribution >= 4 is 6.29 Å². The van der Waals surface area contributed by atoms with E-state index in [0.717, 1.165) is 55.7 Å². The lowest BCUT2D eigenvalue weighted by molar-refractivity contribution is -0.105. The molecule has 0 aromatic heterocycles. The van der Waals surface area contributed by atoms with Crippen LogP contribution in [0.5, 0.6) is 0 Å². The molecule has 3 nitrogen and oxygen atoms in total. The fourth-order valence-electron chi connectivity index (χ4n) is 4.08. The van der Waals surface area contributed by atoms with E-state index in [0.29, 0.717) is 0 Å². The van der Waals surface area contributed by atoms with E-state index < -0.39 is 0 Å². The zero-order valence-corrected chi connectivity index (χ0v) is 16.3. The van der Waals surface area contributed by atoms with Gasteiger partial charge in [-0.1, -0.05) is 63.7 Å². The van der Waals surface area contributed by atoms with Crippen molar-refractivity contribution in [2.75, 3.05) is 13.6 Å².